The van der Waals surface area contributed by atoms with Gasteiger partial charge in [0.1, 0.15) is 23.9 Å². The molecule has 0 bridgehead atoms. The second-order valence-corrected chi connectivity index (χ2v) is 9.54. The molecule has 1 atom stereocenters. The quantitative estimate of drug-likeness (QED) is 0.563. The van der Waals surface area contributed by atoms with Gasteiger partial charge < -0.3 is 25.4 Å². The molecule has 3 N–H and O–H groups in total. The maximum atomic E-state index is 13.6. The third-order valence-electron chi connectivity index (χ3n) is 5.68. The van der Waals surface area contributed by atoms with E-state index in [4.69, 9.17) is 4.74 Å². The maximum absolute atomic E-state index is 13.6. The number of carbonyl (C=O) groups is 3. The summed E-state index contributed by atoms with van der Waals surface area (Å²) in [4.78, 5) is 40.6. The topological polar surface area (TPSA) is 108 Å². The summed E-state index contributed by atoms with van der Waals surface area (Å²) in [6.07, 6.45) is 1.80. The number of para-hydroxylation sites is 1. The predicted molar refractivity (Wildman–Crippen MR) is 129 cm³/mol. The van der Waals surface area contributed by atoms with Crippen molar-refractivity contribution in [2.75, 3.05) is 11.9 Å². The molecule has 182 valence electrons. The van der Waals surface area contributed by atoms with E-state index in [1.54, 1.807) is 43.9 Å². The molecule has 3 amide bonds. The highest BCUT2D eigenvalue weighted by atomic mass is 16.6. The van der Waals surface area contributed by atoms with E-state index in [2.05, 4.69) is 10.6 Å². The van der Waals surface area contributed by atoms with Gasteiger partial charge in [-0.25, -0.2) is 4.79 Å². The Bertz CT molecular complexity index is 1030. The molecule has 1 saturated carbocycles. The van der Waals surface area contributed by atoms with Gasteiger partial charge in [-0.3, -0.25) is 9.59 Å². The molecule has 0 saturated heterocycles. The molecule has 0 aromatic heterocycles. The minimum absolute atomic E-state index is 0.0647. The molecule has 34 heavy (non-hydrogen) atoms. The molecule has 1 aliphatic carbocycles. The van der Waals surface area contributed by atoms with E-state index < -0.39 is 17.7 Å². The van der Waals surface area contributed by atoms with Crippen LogP contribution in [0, 0.1) is 6.92 Å². The SMILES string of the molecule is Cc1ccccc1NC(=O)C(c1ccc(O)cc1)N(C(=O)CNC(=O)OC(C)(C)C)C1CCC1. The smallest absolute Gasteiger partial charge is 0.408 e. The fraction of sp³-hybridized carbons (Fsp3) is 0.423. The number of amides is 3. The molecule has 1 fully saturated rings. The third-order valence-corrected chi connectivity index (χ3v) is 5.68. The zero-order valence-electron chi connectivity index (χ0n) is 20.1. The van der Waals surface area contributed by atoms with Crippen molar-refractivity contribution in [1.29, 1.82) is 0 Å². The minimum atomic E-state index is -0.932. The van der Waals surface area contributed by atoms with E-state index in [0.29, 0.717) is 11.3 Å². The lowest BCUT2D eigenvalue weighted by molar-refractivity contribution is -0.143. The first kappa shape index (κ1) is 25.1. The number of phenols is 1. The van der Waals surface area contributed by atoms with Gasteiger partial charge in [0, 0.05) is 11.7 Å². The molecule has 1 aliphatic rings. The van der Waals surface area contributed by atoms with Crippen LogP contribution in [0.3, 0.4) is 0 Å². The van der Waals surface area contributed by atoms with Crippen molar-refractivity contribution in [3.63, 3.8) is 0 Å². The Morgan fingerprint density at radius 3 is 2.29 bits per heavy atom. The average molecular weight is 468 g/mol. The normalized spacial score (nSPS) is 14.5. The highest BCUT2D eigenvalue weighted by Gasteiger charge is 2.39. The molecular formula is C26H33N3O5. The fourth-order valence-corrected chi connectivity index (χ4v) is 3.79. The van der Waals surface area contributed by atoms with Crippen LogP contribution in [-0.4, -0.2) is 46.1 Å². The van der Waals surface area contributed by atoms with Crippen LogP contribution < -0.4 is 10.6 Å². The second-order valence-electron chi connectivity index (χ2n) is 9.54. The number of hydrogen-bond donors (Lipinski definition) is 3. The van der Waals surface area contributed by atoms with Gasteiger partial charge in [-0.2, -0.15) is 0 Å². The predicted octanol–water partition coefficient (Wildman–Crippen LogP) is 4.29. The summed E-state index contributed by atoms with van der Waals surface area (Å²) < 4.78 is 5.24. The van der Waals surface area contributed by atoms with E-state index in [1.807, 2.05) is 25.1 Å². The number of rotatable bonds is 7. The third kappa shape index (κ3) is 6.50. The first-order chi connectivity index (χ1) is 16.0. The lowest BCUT2D eigenvalue weighted by Crippen LogP contribution is -2.53. The van der Waals surface area contributed by atoms with Crippen LogP contribution in [0.4, 0.5) is 10.5 Å². The number of carbonyl (C=O) groups excluding carboxylic acids is 3. The van der Waals surface area contributed by atoms with Crippen LogP contribution in [-0.2, 0) is 14.3 Å². The van der Waals surface area contributed by atoms with E-state index in [9.17, 15) is 19.5 Å². The fourth-order valence-electron chi connectivity index (χ4n) is 3.79. The highest BCUT2D eigenvalue weighted by Crippen LogP contribution is 2.34. The number of nitrogens with one attached hydrogen (secondary N) is 2. The maximum Gasteiger partial charge on any atom is 0.408 e. The number of ether oxygens (including phenoxy) is 1. The van der Waals surface area contributed by atoms with Gasteiger partial charge in [0.15, 0.2) is 0 Å². The number of aromatic hydroxyl groups is 1. The summed E-state index contributed by atoms with van der Waals surface area (Å²) in [6, 6.07) is 12.6. The summed E-state index contributed by atoms with van der Waals surface area (Å²) in [6.45, 7) is 6.83. The van der Waals surface area contributed by atoms with Crippen molar-refractivity contribution >= 4 is 23.6 Å². The molecule has 0 radical (unpaired) electrons. The second kappa shape index (κ2) is 10.6. The summed E-state index contributed by atoms with van der Waals surface area (Å²) >= 11 is 0. The lowest BCUT2D eigenvalue weighted by atomic mass is 9.88. The Morgan fingerprint density at radius 2 is 1.74 bits per heavy atom. The van der Waals surface area contributed by atoms with Crippen molar-refractivity contribution in [2.45, 2.75) is 64.6 Å². The van der Waals surface area contributed by atoms with E-state index in [1.165, 1.54) is 12.1 Å². The van der Waals surface area contributed by atoms with Crippen molar-refractivity contribution < 1.29 is 24.2 Å². The van der Waals surface area contributed by atoms with Crippen LogP contribution >= 0.6 is 0 Å². The Labute approximate surface area is 200 Å². The Kier molecular flexibility index (Phi) is 7.81. The number of benzene rings is 2. The number of phenolic OH excluding ortho intramolecular Hbond substituents is 1. The van der Waals surface area contributed by atoms with E-state index in [-0.39, 0.29) is 30.2 Å². The summed E-state index contributed by atoms with van der Waals surface area (Å²) in [7, 11) is 0. The molecule has 0 spiro atoms. The zero-order valence-corrected chi connectivity index (χ0v) is 20.1. The van der Waals surface area contributed by atoms with E-state index in [0.717, 1.165) is 24.8 Å². The molecule has 2 aromatic carbocycles. The number of alkyl carbamates (subject to hydrolysis) is 1. The molecule has 8 heteroatoms. The van der Waals surface area contributed by atoms with Gasteiger partial charge in [0.2, 0.25) is 5.91 Å². The molecule has 1 unspecified atom stereocenters. The standard InChI is InChI=1S/C26H33N3O5/c1-17-8-5-6-11-21(17)28-24(32)23(18-12-14-20(30)15-13-18)29(19-9-7-10-19)22(31)16-27-25(33)34-26(2,3)4/h5-6,8,11-15,19,23,30H,7,9-10,16H2,1-4H3,(H,27,33)(H,28,32). The number of hydrogen-bond acceptors (Lipinski definition) is 5. The summed E-state index contributed by atoms with van der Waals surface area (Å²) in [5, 5.41) is 15.2. The summed E-state index contributed by atoms with van der Waals surface area (Å²) in [5.74, 6) is -0.680. The van der Waals surface area contributed by atoms with Crippen molar-refractivity contribution in [3.05, 3.63) is 59.7 Å². The highest BCUT2D eigenvalue weighted by molar-refractivity contribution is 5.99. The van der Waals surface area contributed by atoms with Gasteiger partial charge in [0.05, 0.1) is 0 Å². The molecule has 8 nitrogen and oxygen atoms in total. The van der Waals surface area contributed by atoms with Crippen LogP contribution in [0.1, 0.15) is 57.2 Å². The van der Waals surface area contributed by atoms with Gasteiger partial charge in [-0.15, -0.1) is 0 Å². The molecule has 2 aromatic rings. The molecule has 0 heterocycles. The van der Waals surface area contributed by atoms with Crippen LogP contribution in [0.2, 0.25) is 0 Å². The molecule has 0 aliphatic heterocycles. The summed E-state index contributed by atoms with van der Waals surface area (Å²) in [5.41, 5.74) is 1.43. The van der Waals surface area contributed by atoms with Gasteiger partial charge in [-0.05, 0) is 76.3 Å². The first-order valence-electron chi connectivity index (χ1n) is 11.5. The van der Waals surface area contributed by atoms with Gasteiger partial charge in [0.25, 0.3) is 5.91 Å². The Morgan fingerprint density at radius 1 is 1.09 bits per heavy atom. The Balaban J connectivity index is 1.89. The van der Waals surface area contributed by atoms with Gasteiger partial charge >= 0.3 is 6.09 Å². The van der Waals surface area contributed by atoms with Crippen molar-refractivity contribution in [2.24, 2.45) is 0 Å². The van der Waals surface area contributed by atoms with Gasteiger partial charge in [-0.1, -0.05) is 30.3 Å². The first-order valence-corrected chi connectivity index (χ1v) is 11.5. The average Bonchev–Trinajstić information content (AvgIpc) is 2.72. The number of aryl methyl sites for hydroxylation is 1. The molecule has 3 rings (SSSR count). The number of anilines is 1. The zero-order chi connectivity index (χ0) is 24.9. The van der Waals surface area contributed by atoms with Crippen molar-refractivity contribution in [3.8, 4) is 5.75 Å². The minimum Gasteiger partial charge on any atom is -0.508 e. The largest absolute Gasteiger partial charge is 0.508 e. The number of nitrogens with zero attached hydrogens (tertiary/aromatic N) is 1. The molecular weight excluding hydrogens is 434 g/mol. The van der Waals surface area contributed by atoms with Crippen LogP contribution in [0.15, 0.2) is 48.5 Å². The monoisotopic (exact) mass is 467 g/mol. The Hall–Kier alpha value is -3.55. The van der Waals surface area contributed by atoms with E-state index >= 15 is 0 Å². The lowest BCUT2D eigenvalue weighted by Gasteiger charge is -2.42. The van der Waals surface area contributed by atoms with Crippen molar-refractivity contribution in [1.82, 2.24) is 10.2 Å². The van der Waals surface area contributed by atoms with Crippen LogP contribution in [0.25, 0.3) is 0 Å². The van der Waals surface area contributed by atoms with Crippen LogP contribution in [0.5, 0.6) is 5.75 Å².